The van der Waals surface area contributed by atoms with Crippen LogP contribution in [0.15, 0.2) is 6.20 Å². The van der Waals surface area contributed by atoms with Gasteiger partial charge in [0.05, 0.1) is 0 Å². The zero-order valence-corrected chi connectivity index (χ0v) is 11.4. The summed E-state index contributed by atoms with van der Waals surface area (Å²) < 4.78 is 5.73. The number of nitrogens with one attached hydrogen (secondary N) is 1. The summed E-state index contributed by atoms with van der Waals surface area (Å²) in [5, 5.41) is 4.41. The van der Waals surface area contributed by atoms with Crippen molar-refractivity contribution in [2.75, 3.05) is 13.2 Å². The highest BCUT2D eigenvalue weighted by Gasteiger charge is 2.19. The van der Waals surface area contributed by atoms with Crippen LogP contribution >= 0.6 is 11.3 Å². The Kier molecular flexibility index (Phi) is 5.95. The number of hydrogen-bond acceptors (Lipinski definition) is 4. The molecule has 3 nitrogen and oxygen atoms in total. The van der Waals surface area contributed by atoms with Crippen LogP contribution in [-0.2, 0) is 11.3 Å². The van der Waals surface area contributed by atoms with Crippen LogP contribution in [0.2, 0.25) is 0 Å². The molecule has 0 aliphatic heterocycles. The molecule has 0 fully saturated rings. The molecular weight excluding hydrogens is 220 g/mol. The lowest BCUT2D eigenvalue weighted by molar-refractivity contribution is 0.0293. The van der Waals surface area contributed by atoms with Gasteiger partial charge in [0.25, 0.3) is 0 Å². The third kappa shape index (κ3) is 3.85. The van der Waals surface area contributed by atoms with Gasteiger partial charge < -0.3 is 10.1 Å². The number of aromatic nitrogens is 1. The second-order valence-electron chi connectivity index (χ2n) is 4.07. The van der Waals surface area contributed by atoms with Crippen LogP contribution in [0.4, 0.5) is 0 Å². The first kappa shape index (κ1) is 13.6. The maximum atomic E-state index is 5.73. The minimum Gasteiger partial charge on any atom is -0.371 e. The molecule has 0 aliphatic rings. The van der Waals surface area contributed by atoms with E-state index in [2.05, 4.69) is 31.1 Å². The molecule has 1 heterocycles. The first-order valence-electron chi connectivity index (χ1n) is 5.95. The molecule has 1 rings (SSSR count). The molecule has 0 bridgehead atoms. The quantitative estimate of drug-likeness (QED) is 0.798. The standard InChI is InChI=1S/C12H22N2OS/c1-5-13-7-10-8-14-12(16-10)11(9(3)4)15-6-2/h8-9,11,13H,5-7H2,1-4H3. The Morgan fingerprint density at radius 1 is 1.44 bits per heavy atom. The van der Waals surface area contributed by atoms with E-state index in [1.807, 2.05) is 13.1 Å². The molecule has 1 aromatic heterocycles. The van der Waals surface area contributed by atoms with Crippen molar-refractivity contribution in [1.29, 1.82) is 0 Å². The molecule has 92 valence electrons. The summed E-state index contributed by atoms with van der Waals surface area (Å²) >= 11 is 1.75. The molecular formula is C12H22N2OS. The summed E-state index contributed by atoms with van der Waals surface area (Å²) in [5.41, 5.74) is 0. The minimum atomic E-state index is 0.144. The summed E-state index contributed by atoms with van der Waals surface area (Å²) in [4.78, 5) is 5.74. The van der Waals surface area contributed by atoms with E-state index in [4.69, 9.17) is 4.74 Å². The second-order valence-corrected chi connectivity index (χ2v) is 5.21. The highest BCUT2D eigenvalue weighted by atomic mass is 32.1. The summed E-state index contributed by atoms with van der Waals surface area (Å²) in [5.74, 6) is 0.470. The number of nitrogens with zero attached hydrogens (tertiary/aromatic N) is 1. The van der Waals surface area contributed by atoms with Gasteiger partial charge >= 0.3 is 0 Å². The normalized spacial score (nSPS) is 13.3. The van der Waals surface area contributed by atoms with E-state index in [1.54, 1.807) is 11.3 Å². The van der Waals surface area contributed by atoms with Gasteiger partial charge in [-0.15, -0.1) is 11.3 Å². The Morgan fingerprint density at radius 2 is 2.19 bits per heavy atom. The van der Waals surface area contributed by atoms with Crippen molar-refractivity contribution in [3.05, 3.63) is 16.1 Å². The Bertz CT molecular complexity index is 299. The zero-order valence-electron chi connectivity index (χ0n) is 10.6. The fraction of sp³-hybridized carbons (Fsp3) is 0.750. The topological polar surface area (TPSA) is 34.2 Å². The molecule has 0 saturated carbocycles. The molecule has 0 aliphatic carbocycles. The van der Waals surface area contributed by atoms with E-state index in [9.17, 15) is 0 Å². The molecule has 16 heavy (non-hydrogen) atoms. The average Bonchev–Trinajstić information content (AvgIpc) is 2.70. The number of hydrogen-bond donors (Lipinski definition) is 1. The van der Waals surface area contributed by atoms with Gasteiger partial charge in [-0.2, -0.15) is 0 Å². The molecule has 0 spiro atoms. The van der Waals surface area contributed by atoms with Gasteiger partial charge in [-0.3, -0.25) is 0 Å². The van der Waals surface area contributed by atoms with Crippen molar-refractivity contribution < 1.29 is 4.74 Å². The Hall–Kier alpha value is -0.450. The molecule has 0 amide bonds. The van der Waals surface area contributed by atoms with Gasteiger partial charge in [0.15, 0.2) is 0 Å². The first-order valence-corrected chi connectivity index (χ1v) is 6.77. The van der Waals surface area contributed by atoms with Gasteiger partial charge in [0.2, 0.25) is 0 Å². The summed E-state index contributed by atoms with van der Waals surface area (Å²) in [7, 11) is 0. The molecule has 0 radical (unpaired) electrons. The molecule has 0 saturated heterocycles. The third-order valence-electron chi connectivity index (χ3n) is 2.32. The van der Waals surface area contributed by atoms with Gasteiger partial charge in [-0.05, 0) is 19.4 Å². The van der Waals surface area contributed by atoms with Crippen molar-refractivity contribution >= 4 is 11.3 Å². The predicted molar refractivity (Wildman–Crippen MR) is 68.7 cm³/mol. The zero-order chi connectivity index (χ0) is 12.0. The van der Waals surface area contributed by atoms with Crippen LogP contribution < -0.4 is 5.32 Å². The van der Waals surface area contributed by atoms with Gasteiger partial charge in [0, 0.05) is 24.2 Å². The Balaban J connectivity index is 2.65. The summed E-state index contributed by atoms with van der Waals surface area (Å²) in [6.07, 6.45) is 2.10. The lowest BCUT2D eigenvalue weighted by Crippen LogP contribution is -2.11. The largest absolute Gasteiger partial charge is 0.371 e. The highest BCUT2D eigenvalue weighted by molar-refractivity contribution is 7.11. The molecule has 0 aromatic carbocycles. The monoisotopic (exact) mass is 242 g/mol. The Labute approximate surface area is 102 Å². The highest BCUT2D eigenvalue weighted by Crippen LogP contribution is 2.29. The molecule has 1 atom stereocenters. The maximum absolute atomic E-state index is 5.73. The lowest BCUT2D eigenvalue weighted by atomic mass is 10.1. The summed E-state index contributed by atoms with van der Waals surface area (Å²) in [6, 6.07) is 0. The van der Waals surface area contributed by atoms with E-state index < -0.39 is 0 Å². The first-order chi connectivity index (χ1) is 7.69. The average molecular weight is 242 g/mol. The molecule has 1 unspecified atom stereocenters. The van der Waals surface area contributed by atoms with E-state index in [0.29, 0.717) is 5.92 Å². The Morgan fingerprint density at radius 3 is 2.75 bits per heavy atom. The second kappa shape index (κ2) is 6.99. The predicted octanol–water partition coefficient (Wildman–Crippen LogP) is 2.99. The maximum Gasteiger partial charge on any atom is 0.122 e. The van der Waals surface area contributed by atoms with E-state index >= 15 is 0 Å². The van der Waals surface area contributed by atoms with E-state index in [0.717, 1.165) is 24.7 Å². The fourth-order valence-corrected chi connectivity index (χ4v) is 2.62. The molecule has 1 aromatic rings. The minimum absolute atomic E-state index is 0.144. The smallest absolute Gasteiger partial charge is 0.122 e. The van der Waals surface area contributed by atoms with Crippen LogP contribution in [0.5, 0.6) is 0 Å². The van der Waals surface area contributed by atoms with Crippen LogP contribution in [0.1, 0.15) is 43.7 Å². The van der Waals surface area contributed by atoms with Crippen molar-refractivity contribution in [3.63, 3.8) is 0 Å². The fourth-order valence-electron chi connectivity index (χ4n) is 1.51. The van der Waals surface area contributed by atoms with Crippen LogP contribution in [-0.4, -0.2) is 18.1 Å². The van der Waals surface area contributed by atoms with Crippen LogP contribution in [0.25, 0.3) is 0 Å². The van der Waals surface area contributed by atoms with Gasteiger partial charge in [-0.25, -0.2) is 4.98 Å². The summed E-state index contributed by atoms with van der Waals surface area (Å²) in [6.45, 7) is 11.1. The molecule has 1 N–H and O–H groups in total. The van der Waals surface area contributed by atoms with Crippen LogP contribution in [0.3, 0.4) is 0 Å². The van der Waals surface area contributed by atoms with Crippen molar-refractivity contribution in [1.82, 2.24) is 10.3 Å². The number of rotatable bonds is 7. The van der Waals surface area contributed by atoms with Crippen molar-refractivity contribution in [2.24, 2.45) is 5.92 Å². The number of thiazole rings is 1. The van der Waals surface area contributed by atoms with Crippen molar-refractivity contribution in [3.8, 4) is 0 Å². The van der Waals surface area contributed by atoms with Crippen molar-refractivity contribution in [2.45, 2.75) is 40.3 Å². The number of ether oxygens (including phenoxy) is 1. The van der Waals surface area contributed by atoms with E-state index in [1.165, 1.54) is 4.88 Å². The van der Waals surface area contributed by atoms with E-state index in [-0.39, 0.29) is 6.10 Å². The molecule has 4 heteroatoms. The third-order valence-corrected chi connectivity index (χ3v) is 3.37. The van der Waals surface area contributed by atoms with Gasteiger partial charge in [0.1, 0.15) is 11.1 Å². The van der Waals surface area contributed by atoms with Gasteiger partial charge in [-0.1, -0.05) is 20.8 Å². The lowest BCUT2D eigenvalue weighted by Gasteiger charge is -2.17. The SMILES string of the molecule is CCNCc1cnc(C(OCC)C(C)C)s1. The van der Waals surface area contributed by atoms with Crippen LogP contribution in [0, 0.1) is 5.92 Å².